The second kappa shape index (κ2) is 9.56. The second-order valence-electron chi connectivity index (χ2n) is 8.06. The number of hydrogen-bond acceptors (Lipinski definition) is 5. The van der Waals surface area contributed by atoms with Crippen molar-refractivity contribution in [3.8, 4) is 22.8 Å². The lowest BCUT2D eigenvalue weighted by Crippen LogP contribution is -2.38. The van der Waals surface area contributed by atoms with Crippen molar-refractivity contribution < 1.29 is 9.53 Å². The normalized spacial score (nSPS) is 14.6. The number of thioether (sulfide) groups is 1. The van der Waals surface area contributed by atoms with E-state index in [-0.39, 0.29) is 5.91 Å². The van der Waals surface area contributed by atoms with Crippen LogP contribution in [-0.2, 0) is 4.79 Å². The average molecular weight is 437 g/mol. The van der Waals surface area contributed by atoms with Gasteiger partial charge in [0.05, 0.1) is 12.9 Å². The van der Waals surface area contributed by atoms with Crippen LogP contribution in [-0.4, -0.2) is 51.5 Å². The first-order valence-electron chi connectivity index (χ1n) is 10.6. The number of methoxy groups -OCH3 is 1. The number of amides is 1. The summed E-state index contributed by atoms with van der Waals surface area (Å²) in [6.07, 6.45) is 2.16. The summed E-state index contributed by atoms with van der Waals surface area (Å²) in [5.41, 5.74) is 3.08. The Labute approximate surface area is 187 Å². The van der Waals surface area contributed by atoms with Gasteiger partial charge >= 0.3 is 0 Å². The number of likely N-dealkylation sites (tertiary alicyclic amines) is 1. The van der Waals surface area contributed by atoms with E-state index in [4.69, 9.17) is 4.74 Å². The molecule has 0 N–H and O–H groups in total. The SMILES string of the molecule is COc1ccc(-n2c(SCC(=O)N3CCC(C)CC3)nnc2-c2cccc(C)c2)cc1. The lowest BCUT2D eigenvalue weighted by molar-refractivity contribution is -0.129. The van der Waals surface area contributed by atoms with Gasteiger partial charge in [-0.15, -0.1) is 10.2 Å². The smallest absolute Gasteiger partial charge is 0.233 e. The molecule has 0 bridgehead atoms. The third kappa shape index (κ3) is 4.93. The number of hydrogen-bond donors (Lipinski definition) is 0. The van der Waals surface area contributed by atoms with Gasteiger partial charge in [0, 0.05) is 24.3 Å². The Morgan fingerprint density at radius 2 is 1.87 bits per heavy atom. The highest BCUT2D eigenvalue weighted by Gasteiger charge is 2.22. The van der Waals surface area contributed by atoms with E-state index in [1.165, 1.54) is 11.8 Å². The van der Waals surface area contributed by atoms with Gasteiger partial charge < -0.3 is 9.64 Å². The highest BCUT2D eigenvalue weighted by atomic mass is 32.2. The van der Waals surface area contributed by atoms with Crippen molar-refractivity contribution in [1.29, 1.82) is 0 Å². The molecule has 0 unspecified atom stereocenters. The lowest BCUT2D eigenvalue weighted by Gasteiger charge is -2.30. The minimum Gasteiger partial charge on any atom is -0.497 e. The van der Waals surface area contributed by atoms with Gasteiger partial charge in [0.1, 0.15) is 5.75 Å². The van der Waals surface area contributed by atoms with Gasteiger partial charge in [0.25, 0.3) is 0 Å². The number of aromatic nitrogens is 3. The molecule has 1 fully saturated rings. The molecule has 2 aromatic carbocycles. The molecule has 0 saturated carbocycles. The molecule has 1 amide bonds. The van der Waals surface area contributed by atoms with Crippen LogP contribution in [0.5, 0.6) is 5.75 Å². The molecule has 1 saturated heterocycles. The number of aryl methyl sites for hydroxylation is 1. The van der Waals surface area contributed by atoms with E-state index in [9.17, 15) is 4.79 Å². The van der Waals surface area contributed by atoms with E-state index >= 15 is 0 Å². The van der Waals surface area contributed by atoms with E-state index in [1.807, 2.05) is 45.9 Å². The number of carbonyl (C=O) groups excluding carboxylic acids is 1. The Bertz CT molecular complexity index is 1040. The monoisotopic (exact) mass is 436 g/mol. The van der Waals surface area contributed by atoms with Gasteiger partial charge in [-0.2, -0.15) is 0 Å². The summed E-state index contributed by atoms with van der Waals surface area (Å²) in [6.45, 7) is 6.01. The van der Waals surface area contributed by atoms with Crippen molar-refractivity contribution in [1.82, 2.24) is 19.7 Å². The van der Waals surface area contributed by atoms with E-state index in [0.717, 1.165) is 54.3 Å². The summed E-state index contributed by atoms with van der Waals surface area (Å²) in [5, 5.41) is 9.64. The number of ether oxygens (including phenoxy) is 1. The zero-order chi connectivity index (χ0) is 21.8. The largest absolute Gasteiger partial charge is 0.497 e. The highest BCUT2D eigenvalue weighted by molar-refractivity contribution is 7.99. The van der Waals surface area contributed by atoms with Crippen molar-refractivity contribution in [2.45, 2.75) is 31.8 Å². The molecule has 31 heavy (non-hydrogen) atoms. The Morgan fingerprint density at radius 1 is 1.13 bits per heavy atom. The lowest BCUT2D eigenvalue weighted by atomic mass is 9.99. The van der Waals surface area contributed by atoms with Crippen molar-refractivity contribution in [3.63, 3.8) is 0 Å². The van der Waals surface area contributed by atoms with Gasteiger partial charge in [0.15, 0.2) is 11.0 Å². The number of benzene rings is 2. The molecule has 4 rings (SSSR count). The first-order valence-corrected chi connectivity index (χ1v) is 11.6. The summed E-state index contributed by atoms with van der Waals surface area (Å²) >= 11 is 1.44. The Balaban J connectivity index is 1.61. The van der Waals surface area contributed by atoms with Crippen LogP contribution < -0.4 is 4.74 Å². The Hall–Kier alpha value is -2.80. The Kier molecular flexibility index (Phi) is 6.61. The minimum absolute atomic E-state index is 0.165. The molecule has 0 aliphatic carbocycles. The third-order valence-electron chi connectivity index (χ3n) is 5.70. The minimum atomic E-state index is 0.165. The van der Waals surface area contributed by atoms with Crippen LogP contribution in [0, 0.1) is 12.8 Å². The molecule has 0 radical (unpaired) electrons. The molecular weight excluding hydrogens is 408 g/mol. The summed E-state index contributed by atoms with van der Waals surface area (Å²) in [5.74, 6) is 2.77. The Morgan fingerprint density at radius 3 is 2.55 bits per heavy atom. The maximum Gasteiger partial charge on any atom is 0.233 e. The van der Waals surface area contributed by atoms with Crippen LogP contribution in [0.2, 0.25) is 0 Å². The van der Waals surface area contributed by atoms with Gasteiger partial charge in [0.2, 0.25) is 5.91 Å². The van der Waals surface area contributed by atoms with Crippen LogP contribution in [0.1, 0.15) is 25.3 Å². The summed E-state index contributed by atoms with van der Waals surface area (Å²) in [6, 6.07) is 16.0. The number of carbonyl (C=O) groups is 1. The standard InChI is InChI=1S/C24H28N4O2S/c1-17-11-13-27(14-12-17)22(29)16-31-24-26-25-23(19-6-4-5-18(2)15-19)28(24)20-7-9-21(30-3)10-8-20/h4-10,15,17H,11-14,16H2,1-3H3. The van der Waals surface area contributed by atoms with Crippen molar-refractivity contribution in [3.05, 3.63) is 54.1 Å². The molecular formula is C24H28N4O2S. The number of piperidine rings is 1. The van der Waals surface area contributed by atoms with Gasteiger partial charge in [-0.05, 0) is 56.0 Å². The molecule has 0 atom stereocenters. The molecule has 1 aliphatic heterocycles. The van der Waals surface area contributed by atoms with Crippen molar-refractivity contribution in [2.75, 3.05) is 26.0 Å². The van der Waals surface area contributed by atoms with Crippen LogP contribution in [0.3, 0.4) is 0 Å². The number of rotatable bonds is 6. The molecule has 7 heteroatoms. The van der Waals surface area contributed by atoms with Crippen LogP contribution in [0.4, 0.5) is 0 Å². The van der Waals surface area contributed by atoms with E-state index < -0.39 is 0 Å². The summed E-state index contributed by atoms with van der Waals surface area (Å²) in [4.78, 5) is 14.7. The quantitative estimate of drug-likeness (QED) is 0.529. The van der Waals surface area contributed by atoms with Crippen molar-refractivity contribution in [2.24, 2.45) is 5.92 Å². The van der Waals surface area contributed by atoms with Crippen LogP contribution >= 0.6 is 11.8 Å². The fourth-order valence-corrected chi connectivity index (χ4v) is 4.63. The van der Waals surface area contributed by atoms with Crippen LogP contribution in [0.15, 0.2) is 53.7 Å². The molecule has 3 aromatic rings. The zero-order valence-corrected chi connectivity index (χ0v) is 19.1. The topological polar surface area (TPSA) is 60.2 Å². The fourth-order valence-electron chi connectivity index (χ4n) is 3.77. The molecule has 1 aliphatic rings. The number of nitrogens with zero attached hydrogens (tertiary/aromatic N) is 4. The van der Waals surface area contributed by atoms with Gasteiger partial charge in [-0.25, -0.2) is 0 Å². The first kappa shape index (κ1) is 21.4. The second-order valence-corrected chi connectivity index (χ2v) is 9.00. The molecule has 162 valence electrons. The van der Waals surface area contributed by atoms with Gasteiger partial charge in [-0.3, -0.25) is 9.36 Å². The van der Waals surface area contributed by atoms with Crippen LogP contribution in [0.25, 0.3) is 17.1 Å². The van der Waals surface area contributed by atoms with E-state index in [1.54, 1.807) is 7.11 Å². The van der Waals surface area contributed by atoms with E-state index in [2.05, 4.69) is 36.2 Å². The summed E-state index contributed by atoms with van der Waals surface area (Å²) in [7, 11) is 1.65. The highest BCUT2D eigenvalue weighted by Crippen LogP contribution is 2.29. The predicted molar refractivity (Wildman–Crippen MR) is 124 cm³/mol. The molecule has 6 nitrogen and oxygen atoms in total. The first-order chi connectivity index (χ1) is 15.0. The average Bonchev–Trinajstić information content (AvgIpc) is 3.22. The van der Waals surface area contributed by atoms with Crippen molar-refractivity contribution >= 4 is 17.7 Å². The third-order valence-corrected chi connectivity index (χ3v) is 6.62. The molecule has 2 heterocycles. The van der Waals surface area contributed by atoms with E-state index in [0.29, 0.717) is 16.8 Å². The molecule has 0 spiro atoms. The fraction of sp³-hybridized carbons (Fsp3) is 0.375. The molecule has 1 aromatic heterocycles. The van der Waals surface area contributed by atoms with Gasteiger partial charge in [-0.1, -0.05) is 42.4 Å². The maximum atomic E-state index is 12.8. The predicted octanol–water partition coefficient (Wildman–Crippen LogP) is 4.60. The zero-order valence-electron chi connectivity index (χ0n) is 18.2. The maximum absolute atomic E-state index is 12.8. The summed E-state index contributed by atoms with van der Waals surface area (Å²) < 4.78 is 7.32.